The van der Waals surface area contributed by atoms with Gasteiger partial charge < -0.3 is 0 Å². The van der Waals surface area contributed by atoms with E-state index in [2.05, 4.69) is 0 Å². The van der Waals surface area contributed by atoms with Gasteiger partial charge in [0.1, 0.15) is 0 Å². The van der Waals surface area contributed by atoms with Crippen LogP contribution in [0.4, 0.5) is 0 Å². The standard InChI is InChI=1S/C7H12O2Se/c1-4-6(8)5(2)7(9)10-3/h5H,4H2,1-3H3. The summed E-state index contributed by atoms with van der Waals surface area (Å²) in [6, 6.07) is 0. The first-order valence-electron chi connectivity index (χ1n) is 3.24. The summed E-state index contributed by atoms with van der Waals surface area (Å²) in [7, 11) is 0. The predicted octanol–water partition coefficient (Wildman–Crippen LogP) is 0.880. The van der Waals surface area contributed by atoms with Gasteiger partial charge in [-0.1, -0.05) is 0 Å². The van der Waals surface area contributed by atoms with Crippen molar-refractivity contribution in [3.63, 3.8) is 0 Å². The average molecular weight is 207 g/mol. The molecule has 0 saturated carbocycles. The van der Waals surface area contributed by atoms with Crippen LogP contribution >= 0.6 is 0 Å². The van der Waals surface area contributed by atoms with Crippen LogP contribution in [0.3, 0.4) is 0 Å². The third kappa shape index (κ3) is 2.63. The van der Waals surface area contributed by atoms with Crippen LogP contribution in [0.25, 0.3) is 0 Å². The normalized spacial score (nSPS) is 12.7. The molecule has 0 aromatic heterocycles. The fraction of sp³-hybridized carbons (Fsp3) is 0.714. The molecule has 0 amide bonds. The molecule has 0 spiro atoms. The number of ketones is 1. The van der Waals surface area contributed by atoms with E-state index in [4.69, 9.17) is 0 Å². The van der Waals surface area contributed by atoms with Gasteiger partial charge in [0, 0.05) is 0 Å². The molecule has 0 heterocycles. The quantitative estimate of drug-likeness (QED) is 0.506. The Hall–Kier alpha value is -0.141. The molecule has 58 valence electrons. The van der Waals surface area contributed by atoms with Gasteiger partial charge in [-0.25, -0.2) is 0 Å². The fourth-order valence-corrected chi connectivity index (χ4v) is 1.63. The first-order valence-corrected chi connectivity index (χ1v) is 5.81. The zero-order valence-electron chi connectivity index (χ0n) is 6.51. The monoisotopic (exact) mass is 208 g/mol. The van der Waals surface area contributed by atoms with Crippen LogP contribution in [-0.2, 0) is 9.59 Å². The molecule has 0 aromatic rings. The Labute approximate surface area is 67.5 Å². The van der Waals surface area contributed by atoms with E-state index < -0.39 is 0 Å². The summed E-state index contributed by atoms with van der Waals surface area (Å²) < 4.78 is 0.111. The van der Waals surface area contributed by atoms with Crippen LogP contribution in [0.15, 0.2) is 0 Å². The maximum absolute atomic E-state index is 10.9. The van der Waals surface area contributed by atoms with Crippen molar-refractivity contribution in [2.75, 3.05) is 0 Å². The van der Waals surface area contributed by atoms with Gasteiger partial charge in [-0.2, -0.15) is 0 Å². The Bertz CT molecular complexity index is 127. The molecule has 0 radical (unpaired) electrons. The number of Topliss-reactive ketones (excluding diaryl/α,β-unsaturated/α-hetero) is 1. The molecule has 2 nitrogen and oxygen atoms in total. The van der Waals surface area contributed by atoms with E-state index in [-0.39, 0.29) is 31.3 Å². The molecule has 0 rings (SSSR count). The molecule has 3 heteroatoms. The molecule has 0 fully saturated rings. The van der Waals surface area contributed by atoms with Gasteiger partial charge in [0.15, 0.2) is 0 Å². The van der Waals surface area contributed by atoms with E-state index in [1.807, 2.05) is 5.82 Å². The number of rotatable bonds is 4. The molecule has 1 unspecified atom stereocenters. The second-order valence-electron chi connectivity index (χ2n) is 2.06. The molecule has 10 heavy (non-hydrogen) atoms. The Morgan fingerprint density at radius 2 is 2.00 bits per heavy atom. The number of carbonyl (C=O) groups is 2. The Morgan fingerprint density at radius 1 is 1.50 bits per heavy atom. The summed E-state index contributed by atoms with van der Waals surface area (Å²) in [6.07, 6.45) is 0.475. The van der Waals surface area contributed by atoms with Crippen LogP contribution in [0.5, 0.6) is 0 Å². The number of carbonyl (C=O) groups excluding carboxylic acids is 2. The Kier molecular flexibility index (Phi) is 4.58. The van der Waals surface area contributed by atoms with Crippen molar-refractivity contribution >= 4 is 25.4 Å². The van der Waals surface area contributed by atoms with Gasteiger partial charge in [-0.05, 0) is 0 Å². The molecule has 0 bridgehead atoms. The van der Waals surface area contributed by atoms with E-state index in [1.165, 1.54) is 0 Å². The summed E-state index contributed by atoms with van der Waals surface area (Å²) in [6.45, 7) is 3.48. The van der Waals surface area contributed by atoms with E-state index in [1.54, 1.807) is 13.8 Å². The number of hydrogen-bond donors (Lipinski definition) is 0. The van der Waals surface area contributed by atoms with Crippen LogP contribution in [0.2, 0.25) is 5.82 Å². The third-order valence-electron chi connectivity index (χ3n) is 1.39. The maximum atomic E-state index is 10.9. The van der Waals surface area contributed by atoms with Crippen LogP contribution < -0.4 is 0 Å². The van der Waals surface area contributed by atoms with Crippen molar-refractivity contribution < 1.29 is 9.59 Å². The van der Waals surface area contributed by atoms with Crippen molar-refractivity contribution in [3.05, 3.63) is 0 Å². The van der Waals surface area contributed by atoms with Gasteiger partial charge in [-0.15, -0.1) is 0 Å². The van der Waals surface area contributed by atoms with Gasteiger partial charge in [0.05, 0.1) is 0 Å². The second kappa shape index (κ2) is 4.64. The van der Waals surface area contributed by atoms with Crippen molar-refractivity contribution in [3.8, 4) is 0 Å². The van der Waals surface area contributed by atoms with Gasteiger partial charge >= 0.3 is 67.0 Å². The van der Waals surface area contributed by atoms with Crippen molar-refractivity contribution in [2.45, 2.75) is 26.1 Å². The van der Waals surface area contributed by atoms with Crippen molar-refractivity contribution in [1.29, 1.82) is 0 Å². The van der Waals surface area contributed by atoms with Gasteiger partial charge in [0.25, 0.3) is 0 Å². The molecule has 0 aliphatic carbocycles. The predicted molar refractivity (Wildman–Crippen MR) is 41.1 cm³/mol. The van der Waals surface area contributed by atoms with Crippen LogP contribution in [-0.4, -0.2) is 25.4 Å². The van der Waals surface area contributed by atoms with Gasteiger partial charge in [0.2, 0.25) is 0 Å². The van der Waals surface area contributed by atoms with Gasteiger partial charge in [-0.3, -0.25) is 0 Å². The zero-order valence-corrected chi connectivity index (χ0v) is 8.22. The van der Waals surface area contributed by atoms with Crippen LogP contribution in [0.1, 0.15) is 20.3 Å². The van der Waals surface area contributed by atoms with E-state index >= 15 is 0 Å². The average Bonchev–Trinajstić information content (AvgIpc) is 2.00. The van der Waals surface area contributed by atoms with Crippen molar-refractivity contribution in [1.82, 2.24) is 0 Å². The third-order valence-corrected chi connectivity index (χ3v) is 2.97. The second-order valence-corrected chi connectivity index (χ2v) is 3.77. The summed E-state index contributed by atoms with van der Waals surface area (Å²) in [5.74, 6) is 1.55. The first kappa shape index (κ1) is 9.86. The molecular weight excluding hydrogens is 195 g/mol. The van der Waals surface area contributed by atoms with Crippen molar-refractivity contribution in [2.24, 2.45) is 5.92 Å². The van der Waals surface area contributed by atoms with E-state index in [9.17, 15) is 9.59 Å². The summed E-state index contributed by atoms with van der Waals surface area (Å²) in [5, 5.41) is 0. The molecule has 0 N–H and O–H groups in total. The molecule has 0 aliphatic heterocycles. The molecule has 0 aromatic carbocycles. The molecule has 0 aliphatic rings. The summed E-state index contributed by atoms with van der Waals surface area (Å²) in [5.41, 5.74) is 0. The van der Waals surface area contributed by atoms with Crippen LogP contribution in [0, 0.1) is 5.92 Å². The Balaban J connectivity index is 3.94. The zero-order chi connectivity index (χ0) is 8.15. The minimum absolute atomic E-state index is 0.0236. The Morgan fingerprint density at radius 3 is 2.30 bits per heavy atom. The fourth-order valence-electron chi connectivity index (χ4n) is 0.614. The molecule has 0 saturated heterocycles. The minimum atomic E-state index is -0.352. The van der Waals surface area contributed by atoms with E-state index in [0.29, 0.717) is 6.42 Å². The molecule has 1 atom stereocenters. The topological polar surface area (TPSA) is 34.1 Å². The SMILES string of the molecule is CCC(=O)C(C)C(=O)[Se]C. The molecular formula is C7H12O2Se. The number of hydrogen-bond acceptors (Lipinski definition) is 2. The summed E-state index contributed by atoms with van der Waals surface area (Å²) in [4.78, 5) is 21.8. The van der Waals surface area contributed by atoms with E-state index in [0.717, 1.165) is 0 Å². The first-order chi connectivity index (χ1) is 4.63. The summed E-state index contributed by atoms with van der Waals surface area (Å²) >= 11 is -0.0236.